The van der Waals surface area contributed by atoms with Gasteiger partial charge in [0, 0.05) is 18.2 Å². The first-order chi connectivity index (χ1) is 14.5. The summed E-state index contributed by atoms with van der Waals surface area (Å²) < 4.78 is 15.4. The second-order valence-electron chi connectivity index (χ2n) is 7.62. The third-order valence-electron chi connectivity index (χ3n) is 5.19. The minimum absolute atomic E-state index is 0.0142. The highest BCUT2D eigenvalue weighted by Gasteiger charge is 2.21. The maximum absolute atomic E-state index is 13.4. The predicted molar refractivity (Wildman–Crippen MR) is 117 cm³/mol. The average Bonchev–Trinajstić information content (AvgIpc) is 3.11. The summed E-state index contributed by atoms with van der Waals surface area (Å²) in [6.45, 7) is 4.76. The van der Waals surface area contributed by atoms with E-state index in [0.717, 1.165) is 22.2 Å². The smallest absolute Gasteiger partial charge is 0.243 e. The topological polar surface area (TPSA) is 38.1 Å². The number of hydrogen-bond acceptors (Lipinski definition) is 2. The zero-order chi connectivity index (χ0) is 21.1. The molecule has 0 saturated carbocycles. The van der Waals surface area contributed by atoms with Gasteiger partial charge in [0.2, 0.25) is 5.91 Å². The van der Waals surface area contributed by atoms with E-state index < -0.39 is 0 Å². The minimum Gasteiger partial charge on any atom is -0.334 e. The Kier molecular flexibility index (Phi) is 5.61. The molecule has 0 radical (unpaired) electrons. The van der Waals surface area contributed by atoms with Crippen LogP contribution in [0.5, 0.6) is 0 Å². The summed E-state index contributed by atoms with van der Waals surface area (Å²) in [7, 11) is 0. The lowest BCUT2D eigenvalue weighted by Gasteiger charge is -2.27. The van der Waals surface area contributed by atoms with Crippen molar-refractivity contribution in [1.29, 1.82) is 0 Å². The lowest BCUT2D eigenvalue weighted by molar-refractivity contribution is -0.134. The molecule has 0 unspecified atom stereocenters. The second kappa shape index (κ2) is 8.49. The largest absolute Gasteiger partial charge is 0.334 e. The first-order valence-electron chi connectivity index (χ1n) is 10.1. The fourth-order valence-corrected chi connectivity index (χ4v) is 3.62. The van der Waals surface area contributed by atoms with Crippen molar-refractivity contribution in [3.8, 4) is 11.4 Å². The van der Waals surface area contributed by atoms with Gasteiger partial charge < -0.3 is 9.47 Å². The van der Waals surface area contributed by atoms with Crippen LogP contribution >= 0.6 is 0 Å². The molecule has 0 spiro atoms. The van der Waals surface area contributed by atoms with Gasteiger partial charge in [0.25, 0.3) is 0 Å². The van der Waals surface area contributed by atoms with Crippen LogP contribution in [0.15, 0.2) is 78.9 Å². The normalized spacial score (nSPS) is 11.2. The summed E-state index contributed by atoms with van der Waals surface area (Å²) >= 11 is 0. The van der Waals surface area contributed by atoms with Gasteiger partial charge in [-0.15, -0.1) is 0 Å². The number of rotatable bonds is 6. The van der Waals surface area contributed by atoms with Crippen molar-refractivity contribution in [2.75, 3.05) is 0 Å². The molecule has 1 heterocycles. The van der Waals surface area contributed by atoms with Crippen molar-refractivity contribution >= 4 is 16.9 Å². The third kappa shape index (κ3) is 4.10. The molecule has 1 aromatic heterocycles. The lowest BCUT2D eigenvalue weighted by Crippen LogP contribution is -2.38. The monoisotopic (exact) mass is 401 g/mol. The molecule has 0 fully saturated rings. The van der Waals surface area contributed by atoms with E-state index in [-0.39, 0.29) is 24.3 Å². The van der Waals surface area contributed by atoms with Crippen molar-refractivity contribution in [3.63, 3.8) is 0 Å². The van der Waals surface area contributed by atoms with Crippen LogP contribution in [-0.4, -0.2) is 26.4 Å². The molecular formula is C25H24FN3O. The lowest BCUT2D eigenvalue weighted by atomic mass is 10.2. The van der Waals surface area contributed by atoms with Crippen LogP contribution in [0.2, 0.25) is 0 Å². The number of aromatic nitrogens is 2. The molecule has 0 aliphatic carbocycles. The summed E-state index contributed by atoms with van der Waals surface area (Å²) in [4.78, 5) is 20.0. The number of nitrogens with zero attached hydrogens (tertiary/aromatic N) is 3. The predicted octanol–water partition coefficient (Wildman–Crippen LogP) is 5.28. The van der Waals surface area contributed by atoms with Crippen LogP contribution in [0, 0.1) is 5.82 Å². The highest BCUT2D eigenvalue weighted by Crippen LogP contribution is 2.25. The molecule has 5 heteroatoms. The molecule has 4 aromatic rings. The highest BCUT2D eigenvalue weighted by molar-refractivity contribution is 5.84. The number of amides is 1. The quantitative estimate of drug-likeness (QED) is 0.441. The number of para-hydroxylation sites is 2. The first kappa shape index (κ1) is 19.8. The zero-order valence-corrected chi connectivity index (χ0v) is 17.1. The van der Waals surface area contributed by atoms with Crippen molar-refractivity contribution in [2.45, 2.75) is 33.0 Å². The van der Waals surface area contributed by atoms with Crippen molar-refractivity contribution in [2.24, 2.45) is 0 Å². The van der Waals surface area contributed by atoms with Gasteiger partial charge in [-0.2, -0.15) is 0 Å². The molecule has 4 rings (SSSR count). The molecule has 0 atom stereocenters. The number of hydrogen-bond donors (Lipinski definition) is 0. The molecule has 4 nitrogen and oxygen atoms in total. The van der Waals surface area contributed by atoms with Gasteiger partial charge in [-0.25, -0.2) is 9.37 Å². The fraction of sp³-hybridized carbons (Fsp3) is 0.200. The molecule has 1 amide bonds. The summed E-state index contributed by atoms with van der Waals surface area (Å²) in [5.74, 6) is 0.375. The van der Waals surface area contributed by atoms with Crippen molar-refractivity contribution in [3.05, 3.63) is 90.2 Å². The molecule has 30 heavy (non-hydrogen) atoms. The van der Waals surface area contributed by atoms with Crippen LogP contribution in [0.1, 0.15) is 19.4 Å². The number of carbonyl (C=O) groups excluding carboxylic acids is 1. The van der Waals surface area contributed by atoms with E-state index in [2.05, 4.69) is 0 Å². The number of benzene rings is 3. The maximum Gasteiger partial charge on any atom is 0.243 e. The fourth-order valence-electron chi connectivity index (χ4n) is 3.62. The number of imidazole rings is 1. The van der Waals surface area contributed by atoms with E-state index in [4.69, 9.17) is 4.98 Å². The molecule has 0 saturated heterocycles. The molecular weight excluding hydrogens is 377 g/mol. The Hall–Kier alpha value is -3.47. The van der Waals surface area contributed by atoms with Crippen LogP contribution in [0.25, 0.3) is 22.4 Å². The van der Waals surface area contributed by atoms with Crippen LogP contribution in [0.4, 0.5) is 4.39 Å². The van der Waals surface area contributed by atoms with Gasteiger partial charge in [0.15, 0.2) is 0 Å². The van der Waals surface area contributed by atoms with E-state index in [9.17, 15) is 9.18 Å². The highest BCUT2D eigenvalue weighted by atomic mass is 19.1. The Balaban J connectivity index is 1.70. The Labute approximate surface area is 175 Å². The van der Waals surface area contributed by atoms with Crippen molar-refractivity contribution in [1.82, 2.24) is 14.5 Å². The van der Waals surface area contributed by atoms with Crippen molar-refractivity contribution < 1.29 is 9.18 Å². The SMILES string of the molecule is CC(C)N(Cc1ccccc1)C(=O)Cn1c(-c2ccc(F)cc2)nc2ccccc21. The van der Waals surface area contributed by atoms with Crippen LogP contribution in [0.3, 0.4) is 0 Å². The Bertz CT molecular complexity index is 1150. The average molecular weight is 401 g/mol. The van der Waals surface area contributed by atoms with Crippen LogP contribution in [-0.2, 0) is 17.9 Å². The molecule has 0 N–H and O–H groups in total. The third-order valence-corrected chi connectivity index (χ3v) is 5.19. The van der Waals surface area contributed by atoms with Gasteiger partial charge in [0.1, 0.15) is 18.2 Å². The zero-order valence-electron chi connectivity index (χ0n) is 17.1. The summed E-state index contributed by atoms with van der Waals surface area (Å²) in [5.41, 5.74) is 3.56. The Morgan fingerprint density at radius 3 is 2.33 bits per heavy atom. The molecule has 3 aromatic carbocycles. The standard InChI is InChI=1S/C25H24FN3O/c1-18(2)28(16-19-8-4-3-5-9-19)24(30)17-29-23-11-7-6-10-22(23)27-25(29)20-12-14-21(26)15-13-20/h3-15,18H,16-17H2,1-2H3. The van der Waals surface area contributed by atoms with Gasteiger partial charge >= 0.3 is 0 Å². The first-order valence-corrected chi connectivity index (χ1v) is 10.1. The molecule has 0 bridgehead atoms. The second-order valence-corrected chi connectivity index (χ2v) is 7.62. The number of halogens is 1. The summed E-state index contributed by atoms with van der Waals surface area (Å²) in [6, 6.07) is 24.0. The van der Waals surface area contributed by atoms with Gasteiger partial charge in [-0.05, 0) is 55.8 Å². The summed E-state index contributed by atoms with van der Waals surface area (Å²) in [5, 5.41) is 0. The molecule has 0 aliphatic heterocycles. The Morgan fingerprint density at radius 1 is 0.967 bits per heavy atom. The van der Waals surface area contributed by atoms with Gasteiger partial charge in [-0.1, -0.05) is 42.5 Å². The van der Waals surface area contributed by atoms with E-state index in [0.29, 0.717) is 12.4 Å². The minimum atomic E-state index is -0.300. The van der Waals surface area contributed by atoms with E-state index in [1.165, 1.54) is 12.1 Å². The Morgan fingerprint density at radius 2 is 1.63 bits per heavy atom. The van der Waals surface area contributed by atoms with E-state index in [1.807, 2.05) is 77.9 Å². The number of carbonyl (C=O) groups is 1. The van der Waals surface area contributed by atoms with E-state index in [1.54, 1.807) is 12.1 Å². The maximum atomic E-state index is 13.4. The summed E-state index contributed by atoms with van der Waals surface area (Å²) in [6.07, 6.45) is 0. The van der Waals surface area contributed by atoms with Gasteiger partial charge in [-0.3, -0.25) is 4.79 Å². The van der Waals surface area contributed by atoms with E-state index >= 15 is 0 Å². The number of fused-ring (bicyclic) bond motifs is 1. The molecule has 0 aliphatic rings. The van der Waals surface area contributed by atoms with Crippen LogP contribution < -0.4 is 0 Å². The van der Waals surface area contributed by atoms with Gasteiger partial charge in [0.05, 0.1) is 11.0 Å². The molecule has 152 valence electrons.